The number of carbonyl (C=O) groups is 2. The van der Waals surface area contributed by atoms with Crippen LogP contribution in [0.4, 0.5) is 0 Å². The highest BCUT2D eigenvalue weighted by molar-refractivity contribution is 5.95. The molecule has 19 heavy (non-hydrogen) atoms. The predicted octanol–water partition coefficient (Wildman–Crippen LogP) is 0.0375. The van der Waals surface area contributed by atoms with E-state index >= 15 is 0 Å². The summed E-state index contributed by atoms with van der Waals surface area (Å²) < 4.78 is 0. The summed E-state index contributed by atoms with van der Waals surface area (Å²) in [7, 11) is 0. The van der Waals surface area contributed by atoms with E-state index in [1.807, 2.05) is 6.07 Å². The van der Waals surface area contributed by atoms with Gasteiger partial charge in [0, 0.05) is 12.1 Å². The molecule has 1 aromatic rings. The zero-order chi connectivity index (χ0) is 14.1. The molecule has 0 aromatic heterocycles. The van der Waals surface area contributed by atoms with Gasteiger partial charge < -0.3 is 21.6 Å². The van der Waals surface area contributed by atoms with Crippen LogP contribution in [-0.2, 0) is 4.79 Å². The van der Waals surface area contributed by atoms with Crippen molar-refractivity contribution in [1.82, 2.24) is 5.32 Å². The van der Waals surface area contributed by atoms with Crippen LogP contribution in [0.25, 0.3) is 0 Å². The summed E-state index contributed by atoms with van der Waals surface area (Å²) in [4.78, 5) is 26.5. The van der Waals surface area contributed by atoms with Gasteiger partial charge in [0.1, 0.15) is 6.29 Å². The van der Waals surface area contributed by atoms with Gasteiger partial charge in [0.05, 0.1) is 6.04 Å². The molecule has 6 heteroatoms. The lowest BCUT2D eigenvalue weighted by Gasteiger charge is -2.12. The first-order valence-corrected chi connectivity index (χ1v) is 6.00. The van der Waals surface area contributed by atoms with Gasteiger partial charge in [-0.1, -0.05) is 18.2 Å². The summed E-state index contributed by atoms with van der Waals surface area (Å²) in [5.41, 5.74) is 10.9. The Hall–Kier alpha value is -2.37. The Morgan fingerprint density at radius 3 is 2.58 bits per heavy atom. The van der Waals surface area contributed by atoms with E-state index in [4.69, 9.17) is 11.5 Å². The van der Waals surface area contributed by atoms with Gasteiger partial charge >= 0.3 is 0 Å². The highest BCUT2D eigenvalue weighted by Gasteiger charge is 2.12. The molecule has 0 spiro atoms. The molecule has 0 aliphatic carbocycles. The van der Waals surface area contributed by atoms with Crippen molar-refractivity contribution in [2.24, 2.45) is 16.5 Å². The van der Waals surface area contributed by atoms with Crippen molar-refractivity contribution in [2.45, 2.75) is 18.9 Å². The largest absolute Gasteiger partial charge is 0.370 e. The maximum absolute atomic E-state index is 11.8. The van der Waals surface area contributed by atoms with Crippen molar-refractivity contribution in [3.8, 4) is 0 Å². The first kappa shape index (κ1) is 14.7. The third-order valence-corrected chi connectivity index (χ3v) is 2.48. The number of hydrogen-bond donors (Lipinski definition) is 3. The van der Waals surface area contributed by atoms with E-state index in [-0.39, 0.29) is 11.9 Å². The fourth-order valence-electron chi connectivity index (χ4n) is 1.53. The number of nitrogens with two attached hydrogens (primary N) is 2. The van der Waals surface area contributed by atoms with Gasteiger partial charge in [-0.15, -0.1) is 0 Å². The van der Waals surface area contributed by atoms with Gasteiger partial charge in [0.15, 0.2) is 5.96 Å². The van der Waals surface area contributed by atoms with E-state index in [0.29, 0.717) is 24.9 Å². The average Bonchev–Trinajstić information content (AvgIpc) is 2.42. The summed E-state index contributed by atoms with van der Waals surface area (Å²) in [6.07, 6.45) is 1.84. The Kier molecular flexibility index (Phi) is 6.08. The van der Waals surface area contributed by atoms with Crippen LogP contribution >= 0.6 is 0 Å². The topological polar surface area (TPSA) is 111 Å². The molecular weight excluding hydrogens is 244 g/mol. The van der Waals surface area contributed by atoms with Gasteiger partial charge in [-0.05, 0) is 25.0 Å². The quantitative estimate of drug-likeness (QED) is 0.279. The zero-order valence-corrected chi connectivity index (χ0v) is 10.6. The molecule has 6 nitrogen and oxygen atoms in total. The van der Waals surface area contributed by atoms with Crippen molar-refractivity contribution in [3.05, 3.63) is 35.9 Å². The number of amides is 1. The van der Waals surface area contributed by atoms with E-state index in [2.05, 4.69) is 10.3 Å². The Morgan fingerprint density at radius 2 is 2.00 bits per heavy atom. The number of nitrogens with zero attached hydrogens (tertiary/aromatic N) is 1. The molecule has 0 fully saturated rings. The first-order valence-electron chi connectivity index (χ1n) is 6.00. The first-order chi connectivity index (χ1) is 9.13. The molecule has 102 valence electrons. The number of carbonyl (C=O) groups excluding carboxylic acids is 2. The molecule has 0 saturated carbocycles. The molecule has 0 radical (unpaired) electrons. The lowest BCUT2D eigenvalue weighted by molar-refractivity contribution is -0.109. The molecule has 1 aromatic carbocycles. The number of hydrogen-bond acceptors (Lipinski definition) is 3. The maximum atomic E-state index is 11.8. The van der Waals surface area contributed by atoms with E-state index < -0.39 is 6.04 Å². The average molecular weight is 262 g/mol. The molecule has 0 heterocycles. The third-order valence-electron chi connectivity index (χ3n) is 2.48. The highest BCUT2D eigenvalue weighted by Crippen LogP contribution is 2.01. The summed E-state index contributed by atoms with van der Waals surface area (Å²) in [5.74, 6) is -0.240. The number of guanidine groups is 1. The minimum absolute atomic E-state index is 0.0241. The highest BCUT2D eigenvalue weighted by atomic mass is 16.2. The minimum Gasteiger partial charge on any atom is -0.370 e. The summed E-state index contributed by atoms with van der Waals surface area (Å²) >= 11 is 0. The molecule has 1 amide bonds. The Labute approximate surface area is 111 Å². The van der Waals surface area contributed by atoms with Crippen molar-refractivity contribution in [2.75, 3.05) is 6.54 Å². The summed E-state index contributed by atoms with van der Waals surface area (Å²) in [6.45, 7) is 0.438. The van der Waals surface area contributed by atoms with Crippen LogP contribution in [0, 0.1) is 0 Å². The molecule has 5 N–H and O–H groups in total. The number of rotatable bonds is 7. The summed E-state index contributed by atoms with van der Waals surface area (Å²) in [5, 5.41) is 2.65. The molecule has 0 aliphatic rings. The lowest BCUT2D eigenvalue weighted by atomic mass is 10.1. The minimum atomic E-state index is -0.526. The van der Waals surface area contributed by atoms with Crippen molar-refractivity contribution in [1.29, 1.82) is 0 Å². The lowest BCUT2D eigenvalue weighted by Crippen LogP contribution is -2.36. The van der Waals surface area contributed by atoms with Gasteiger partial charge in [-0.2, -0.15) is 0 Å². The molecule has 1 atom stereocenters. The van der Waals surface area contributed by atoms with E-state index in [1.54, 1.807) is 24.3 Å². The van der Waals surface area contributed by atoms with Crippen LogP contribution in [0.5, 0.6) is 0 Å². The monoisotopic (exact) mass is 262 g/mol. The van der Waals surface area contributed by atoms with Crippen LogP contribution in [0.3, 0.4) is 0 Å². The molecular formula is C13H18N4O2. The van der Waals surface area contributed by atoms with Crippen molar-refractivity contribution in [3.63, 3.8) is 0 Å². The SMILES string of the molecule is NC(N)=NCCCC(C=O)NC(=O)c1ccccc1. The Morgan fingerprint density at radius 1 is 1.32 bits per heavy atom. The van der Waals surface area contributed by atoms with Crippen LogP contribution in [0.15, 0.2) is 35.3 Å². The van der Waals surface area contributed by atoms with E-state index in [0.717, 1.165) is 6.29 Å². The molecule has 0 aliphatic heterocycles. The van der Waals surface area contributed by atoms with Gasteiger partial charge in [-0.3, -0.25) is 9.79 Å². The van der Waals surface area contributed by atoms with Crippen molar-refractivity contribution >= 4 is 18.2 Å². The molecule has 0 bridgehead atoms. The van der Waals surface area contributed by atoms with Crippen LogP contribution in [0.2, 0.25) is 0 Å². The van der Waals surface area contributed by atoms with Gasteiger partial charge in [0.2, 0.25) is 0 Å². The van der Waals surface area contributed by atoms with Crippen LogP contribution in [0.1, 0.15) is 23.2 Å². The fourth-order valence-corrected chi connectivity index (χ4v) is 1.53. The van der Waals surface area contributed by atoms with Crippen LogP contribution in [-0.4, -0.2) is 30.7 Å². The second-order valence-corrected chi connectivity index (χ2v) is 4.03. The Balaban J connectivity index is 2.42. The fraction of sp³-hybridized carbons (Fsp3) is 0.308. The smallest absolute Gasteiger partial charge is 0.251 e. The predicted molar refractivity (Wildman–Crippen MR) is 73.7 cm³/mol. The standard InChI is InChI=1S/C13H18N4O2/c14-13(15)16-8-4-7-11(9-18)17-12(19)10-5-2-1-3-6-10/h1-3,5-6,9,11H,4,7-8H2,(H,17,19)(H4,14,15,16). The third kappa shape index (κ3) is 5.67. The normalized spacial score (nSPS) is 11.4. The molecule has 1 unspecified atom stereocenters. The van der Waals surface area contributed by atoms with E-state index in [9.17, 15) is 9.59 Å². The maximum Gasteiger partial charge on any atom is 0.251 e. The number of benzene rings is 1. The summed E-state index contributed by atoms with van der Waals surface area (Å²) in [6, 6.07) is 8.21. The van der Waals surface area contributed by atoms with E-state index in [1.165, 1.54) is 0 Å². The molecule has 1 rings (SSSR count). The number of aliphatic imine (C=N–C) groups is 1. The second kappa shape index (κ2) is 7.86. The van der Waals surface area contributed by atoms with Crippen LogP contribution < -0.4 is 16.8 Å². The second-order valence-electron chi connectivity index (χ2n) is 4.03. The number of aldehydes is 1. The van der Waals surface area contributed by atoms with Gasteiger partial charge in [0.25, 0.3) is 5.91 Å². The number of nitrogens with one attached hydrogen (secondary N) is 1. The van der Waals surface area contributed by atoms with Gasteiger partial charge in [-0.25, -0.2) is 0 Å². The van der Waals surface area contributed by atoms with Crippen molar-refractivity contribution < 1.29 is 9.59 Å². The zero-order valence-electron chi connectivity index (χ0n) is 10.6. The molecule has 0 saturated heterocycles. The Bertz CT molecular complexity index is 441.